The zero-order valence-corrected chi connectivity index (χ0v) is 22.1. The molecule has 0 spiro atoms. The first-order chi connectivity index (χ1) is 17.6. The molecule has 0 amide bonds. The highest BCUT2D eigenvalue weighted by atomic mass is 79.9. The van der Waals surface area contributed by atoms with E-state index in [4.69, 9.17) is 18.9 Å². The minimum Gasteiger partial charge on any atom is -0.457 e. The van der Waals surface area contributed by atoms with E-state index in [0.29, 0.717) is 34.5 Å². The van der Waals surface area contributed by atoms with Crippen LogP contribution in [-0.4, -0.2) is 0 Å². The predicted octanol–water partition coefficient (Wildman–Crippen LogP) is 10.4. The lowest BCUT2D eigenvalue weighted by atomic mass is 10.3. The lowest BCUT2D eigenvalue weighted by Gasteiger charge is -2.12. The maximum absolute atomic E-state index is 6.07. The molecular weight excluding hydrogens is 584 g/mol. The van der Waals surface area contributed by atoms with E-state index >= 15 is 0 Å². The molecule has 0 unspecified atom stereocenters. The third-order valence-corrected chi connectivity index (χ3v) is 5.94. The van der Waals surface area contributed by atoms with Crippen LogP contribution in [0.1, 0.15) is 0 Å². The first-order valence-electron chi connectivity index (χ1n) is 11.1. The second-order valence-electron chi connectivity index (χ2n) is 7.75. The molecule has 5 aromatic carbocycles. The van der Waals surface area contributed by atoms with Gasteiger partial charge in [-0.05, 0) is 72.8 Å². The van der Waals surface area contributed by atoms with E-state index in [1.807, 2.05) is 121 Å². The average molecular weight is 604 g/mol. The topological polar surface area (TPSA) is 36.9 Å². The molecule has 6 heteroatoms. The Morgan fingerprint density at radius 3 is 0.778 bits per heavy atom. The lowest BCUT2D eigenvalue weighted by Crippen LogP contribution is -1.89. The van der Waals surface area contributed by atoms with Crippen molar-refractivity contribution in [1.82, 2.24) is 0 Å². The van der Waals surface area contributed by atoms with Gasteiger partial charge >= 0.3 is 0 Å². The fourth-order valence-corrected chi connectivity index (χ4v) is 4.17. The van der Waals surface area contributed by atoms with Gasteiger partial charge in [0.1, 0.15) is 46.0 Å². The van der Waals surface area contributed by atoms with E-state index < -0.39 is 0 Å². The van der Waals surface area contributed by atoms with E-state index in [9.17, 15) is 0 Å². The van der Waals surface area contributed by atoms with Crippen molar-refractivity contribution in [2.24, 2.45) is 0 Å². The molecule has 0 fully saturated rings. The fourth-order valence-electron chi connectivity index (χ4n) is 3.41. The number of hydrogen-bond acceptors (Lipinski definition) is 4. The highest BCUT2D eigenvalue weighted by Gasteiger charge is 2.06. The molecular formula is C30H20Br2O4. The SMILES string of the molecule is Brc1cccc(Oc2cccc(Oc3cccc(Oc4cccc(Oc5cccc(Br)c5)c4)c3)c2)c1. The van der Waals surface area contributed by atoms with E-state index in [1.54, 1.807) is 0 Å². The zero-order valence-electron chi connectivity index (χ0n) is 18.9. The Kier molecular flexibility index (Phi) is 7.55. The molecule has 0 aliphatic heterocycles. The summed E-state index contributed by atoms with van der Waals surface area (Å²) in [5.41, 5.74) is 0. The summed E-state index contributed by atoms with van der Waals surface area (Å²) in [4.78, 5) is 0. The number of hydrogen-bond donors (Lipinski definition) is 0. The molecule has 0 atom stereocenters. The maximum Gasteiger partial charge on any atom is 0.131 e. The van der Waals surface area contributed by atoms with Crippen LogP contribution < -0.4 is 18.9 Å². The molecule has 0 radical (unpaired) electrons. The first-order valence-corrected chi connectivity index (χ1v) is 12.7. The van der Waals surface area contributed by atoms with Gasteiger partial charge in [0.2, 0.25) is 0 Å². The normalized spacial score (nSPS) is 10.5. The maximum atomic E-state index is 6.07. The largest absolute Gasteiger partial charge is 0.457 e. The Morgan fingerprint density at radius 2 is 0.528 bits per heavy atom. The van der Waals surface area contributed by atoms with Gasteiger partial charge in [-0.25, -0.2) is 0 Å². The van der Waals surface area contributed by atoms with Crippen molar-refractivity contribution in [2.45, 2.75) is 0 Å². The van der Waals surface area contributed by atoms with Crippen LogP contribution in [-0.2, 0) is 0 Å². The summed E-state index contributed by atoms with van der Waals surface area (Å²) in [6, 6.07) is 37.8. The smallest absolute Gasteiger partial charge is 0.131 e. The van der Waals surface area contributed by atoms with Gasteiger partial charge in [-0.15, -0.1) is 0 Å². The van der Waals surface area contributed by atoms with E-state index in [-0.39, 0.29) is 0 Å². The van der Waals surface area contributed by atoms with Gasteiger partial charge in [-0.1, -0.05) is 62.2 Å². The standard InChI is InChI=1S/C30H20Br2O4/c31-21-6-1-8-23(16-21)33-25-10-3-12-27(18-25)35-29-14-5-15-30(20-29)36-28-13-4-11-26(19-28)34-24-9-2-7-22(32)17-24/h1-20H. The molecule has 0 saturated carbocycles. The summed E-state index contributed by atoms with van der Waals surface area (Å²) in [5.74, 6) is 5.45. The molecule has 0 bridgehead atoms. The van der Waals surface area contributed by atoms with Gasteiger partial charge in [0.15, 0.2) is 0 Å². The van der Waals surface area contributed by atoms with Gasteiger partial charge in [0.05, 0.1) is 0 Å². The number of halogens is 2. The van der Waals surface area contributed by atoms with Crippen molar-refractivity contribution in [3.63, 3.8) is 0 Å². The van der Waals surface area contributed by atoms with Crippen molar-refractivity contribution < 1.29 is 18.9 Å². The first kappa shape index (κ1) is 24.0. The molecule has 0 aromatic heterocycles. The van der Waals surface area contributed by atoms with Crippen LogP contribution in [0.5, 0.6) is 46.0 Å². The summed E-state index contributed by atoms with van der Waals surface area (Å²) < 4.78 is 26.0. The Balaban J connectivity index is 1.26. The summed E-state index contributed by atoms with van der Waals surface area (Å²) in [5, 5.41) is 0. The van der Waals surface area contributed by atoms with Gasteiger partial charge in [-0.2, -0.15) is 0 Å². The molecule has 0 aliphatic carbocycles. The molecule has 5 rings (SSSR count). The number of ether oxygens (including phenoxy) is 4. The third-order valence-electron chi connectivity index (χ3n) is 4.95. The molecule has 0 aliphatic rings. The van der Waals surface area contributed by atoms with Crippen molar-refractivity contribution in [3.8, 4) is 46.0 Å². The van der Waals surface area contributed by atoms with Crippen molar-refractivity contribution in [3.05, 3.63) is 130 Å². The van der Waals surface area contributed by atoms with Crippen LogP contribution in [0.2, 0.25) is 0 Å². The molecule has 0 saturated heterocycles. The summed E-state index contributed by atoms with van der Waals surface area (Å²) in [7, 11) is 0. The molecule has 5 aromatic rings. The van der Waals surface area contributed by atoms with Crippen LogP contribution in [0.4, 0.5) is 0 Å². The summed E-state index contributed by atoms with van der Waals surface area (Å²) in [6.07, 6.45) is 0. The van der Waals surface area contributed by atoms with Crippen LogP contribution >= 0.6 is 31.9 Å². The average Bonchev–Trinajstić information content (AvgIpc) is 2.85. The Hall–Kier alpha value is -3.74. The van der Waals surface area contributed by atoms with Gasteiger partial charge in [-0.3, -0.25) is 0 Å². The molecule has 0 N–H and O–H groups in total. The highest BCUT2D eigenvalue weighted by Crippen LogP contribution is 2.33. The number of rotatable bonds is 8. The fraction of sp³-hybridized carbons (Fsp3) is 0. The van der Waals surface area contributed by atoms with Crippen molar-refractivity contribution >= 4 is 31.9 Å². The van der Waals surface area contributed by atoms with Crippen LogP contribution in [0.15, 0.2) is 130 Å². The van der Waals surface area contributed by atoms with E-state index in [0.717, 1.165) is 20.4 Å². The van der Waals surface area contributed by atoms with Gasteiger partial charge in [0, 0.05) is 27.1 Å². The quantitative estimate of drug-likeness (QED) is 0.177. The Morgan fingerprint density at radius 1 is 0.306 bits per heavy atom. The third kappa shape index (κ3) is 6.68. The van der Waals surface area contributed by atoms with Crippen LogP contribution in [0.3, 0.4) is 0 Å². The second-order valence-corrected chi connectivity index (χ2v) is 9.58. The second kappa shape index (κ2) is 11.3. The van der Waals surface area contributed by atoms with Gasteiger partial charge in [0.25, 0.3) is 0 Å². The molecule has 0 heterocycles. The predicted molar refractivity (Wildman–Crippen MR) is 148 cm³/mol. The Bertz CT molecular complexity index is 1380. The molecule has 178 valence electrons. The highest BCUT2D eigenvalue weighted by molar-refractivity contribution is 9.10. The molecule has 4 nitrogen and oxygen atoms in total. The minimum absolute atomic E-state index is 0.647. The Labute approximate surface area is 226 Å². The number of benzene rings is 5. The summed E-state index contributed by atoms with van der Waals surface area (Å²) >= 11 is 6.92. The zero-order chi connectivity index (χ0) is 24.7. The van der Waals surface area contributed by atoms with Crippen LogP contribution in [0.25, 0.3) is 0 Å². The lowest BCUT2D eigenvalue weighted by molar-refractivity contribution is 0.447. The molecule has 36 heavy (non-hydrogen) atoms. The van der Waals surface area contributed by atoms with Crippen molar-refractivity contribution in [1.29, 1.82) is 0 Å². The minimum atomic E-state index is 0.647. The monoisotopic (exact) mass is 602 g/mol. The van der Waals surface area contributed by atoms with Gasteiger partial charge < -0.3 is 18.9 Å². The van der Waals surface area contributed by atoms with E-state index in [1.165, 1.54) is 0 Å². The van der Waals surface area contributed by atoms with Crippen LogP contribution in [0, 0.1) is 0 Å². The van der Waals surface area contributed by atoms with E-state index in [2.05, 4.69) is 31.9 Å². The van der Waals surface area contributed by atoms with Crippen molar-refractivity contribution in [2.75, 3.05) is 0 Å². The summed E-state index contributed by atoms with van der Waals surface area (Å²) in [6.45, 7) is 0.